The van der Waals surface area contributed by atoms with Crippen LogP contribution < -0.4 is 10.0 Å². The maximum atomic E-state index is 11.6. The van der Waals surface area contributed by atoms with Crippen LogP contribution in [0.15, 0.2) is 24.3 Å². The molecule has 1 aliphatic heterocycles. The molecule has 2 N–H and O–H groups in total. The van der Waals surface area contributed by atoms with E-state index < -0.39 is 16.4 Å². The van der Waals surface area contributed by atoms with E-state index in [2.05, 4.69) is 4.18 Å². The maximum absolute atomic E-state index is 11.6. The molecule has 1 amide bonds. The zero-order valence-corrected chi connectivity index (χ0v) is 12.0. The average Bonchev–Trinajstić information content (AvgIpc) is 2.66. The first-order valence-corrected chi connectivity index (χ1v) is 7.52. The molecule has 0 bridgehead atoms. The second kappa shape index (κ2) is 5.39. The molecule has 20 heavy (non-hydrogen) atoms. The number of hydrogen-bond donors (Lipinski definition) is 1. The number of carbonyl (C=O) groups excluding carboxylic acids is 1. The highest BCUT2D eigenvalue weighted by Crippen LogP contribution is 2.25. The van der Waals surface area contributed by atoms with Gasteiger partial charge in [0.2, 0.25) is 0 Å². The lowest BCUT2D eigenvalue weighted by Gasteiger charge is -2.15. The third-order valence-corrected chi connectivity index (χ3v) is 3.47. The molecule has 110 valence electrons. The zero-order chi connectivity index (χ0) is 14.9. The van der Waals surface area contributed by atoms with Gasteiger partial charge in [-0.1, -0.05) is 12.1 Å². The number of ether oxygens (including phenoxy) is 1. The first-order chi connectivity index (χ1) is 9.26. The minimum absolute atomic E-state index is 0.146. The van der Waals surface area contributed by atoms with Crippen molar-refractivity contribution in [1.82, 2.24) is 0 Å². The highest BCUT2D eigenvalue weighted by atomic mass is 32.2. The summed E-state index contributed by atoms with van der Waals surface area (Å²) in [5.74, 6) is 0. The fraction of sp³-hybridized carbons (Fsp3) is 0.417. The van der Waals surface area contributed by atoms with Gasteiger partial charge in [-0.3, -0.25) is 9.08 Å². The molecule has 2 rings (SSSR count). The van der Waals surface area contributed by atoms with Crippen molar-refractivity contribution in [1.29, 1.82) is 0 Å². The summed E-state index contributed by atoms with van der Waals surface area (Å²) >= 11 is 0. The van der Waals surface area contributed by atoms with Crippen LogP contribution in [0.1, 0.15) is 25.5 Å². The van der Waals surface area contributed by atoms with Crippen molar-refractivity contribution in [3.63, 3.8) is 0 Å². The Morgan fingerprint density at radius 2 is 2.00 bits per heavy atom. The Kier molecular flexibility index (Phi) is 3.98. The summed E-state index contributed by atoms with van der Waals surface area (Å²) in [6, 6.07) is 6.78. The van der Waals surface area contributed by atoms with Crippen LogP contribution in [0.2, 0.25) is 0 Å². The molecule has 1 saturated heterocycles. The number of hydrogen-bond acceptors (Lipinski definition) is 5. The molecule has 1 aliphatic rings. The molecule has 0 spiro atoms. The van der Waals surface area contributed by atoms with E-state index in [1.165, 1.54) is 4.90 Å². The normalized spacial score (nSPS) is 20.9. The molecule has 1 fully saturated rings. The van der Waals surface area contributed by atoms with Gasteiger partial charge in [-0.25, -0.2) is 9.93 Å². The summed E-state index contributed by atoms with van der Waals surface area (Å²) in [6.07, 6.45) is -1.23. The Morgan fingerprint density at radius 1 is 1.40 bits per heavy atom. The van der Waals surface area contributed by atoms with Crippen LogP contribution >= 0.6 is 0 Å². The van der Waals surface area contributed by atoms with Gasteiger partial charge >= 0.3 is 16.4 Å². The summed E-state index contributed by atoms with van der Waals surface area (Å²) in [4.78, 5) is 13.1. The second-order valence-electron chi connectivity index (χ2n) is 4.63. The van der Waals surface area contributed by atoms with E-state index in [4.69, 9.17) is 9.88 Å². The Balaban J connectivity index is 2.12. The second-order valence-corrected chi connectivity index (χ2v) is 5.81. The lowest BCUT2D eigenvalue weighted by atomic mass is 10.1. The molecule has 1 aromatic rings. The monoisotopic (exact) mass is 300 g/mol. The van der Waals surface area contributed by atoms with Crippen molar-refractivity contribution < 1.29 is 22.1 Å². The maximum Gasteiger partial charge on any atom is 0.414 e. The number of nitrogens with zero attached hydrogens (tertiary/aromatic N) is 1. The minimum atomic E-state index is -4.00. The first-order valence-electron chi connectivity index (χ1n) is 6.05. The predicted molar refractivity (Wildman–Crippen MR) is 72.3 cm³/mol. The molecule has 0 radical (unpaired) electrons. The predicted octanol–water partition coefficient (Wildman–Crippen LogP) is 1.31. The number of nitrogens with two attached hydrogens (primary N) is 1. The molecule has 0 saturated carbocycles. The average molecular weight is 300 g/mol. The van der Waals surface area contributed by atoms with E-state index >= 15 is 0 Å². The Labute approximate surface area is 117 Å². The van der Waals surface area contributed by atoms with Crippen molar-refractivity contribution in [3.05, 3.63) is 29.8 Å². The summed E-state index contributed by atoms with van der Waals surface area (Å²) in [5.41, 5.74) is 1.33. The number of rotatable bonds is 4. The van der Waals surface area contributed by atoms with Gasteiger partial charge in [-0.15, -0.1) is 0 Å². The van der Waals surface area contributed by atoms with Crippen LogP contribution in [0.25, 0.3) is 0 Å². The number of amides is 1. The van der Waals surface area contributed by atoms with E-state index in [1.807, 2.05) is 6.92 Å². The van der Waals surface area contributed by atoms with Crippen molar-refractivity contribution in [2.24, 2.45) is 5.14 Å². The molecule has 8 heteroatoms. The van der Waals surface area contributed by atoms with Crippen LogP contribution in [0.5, 0.6) is 0 Å². The number of cyclic esters (lactones) is 1. The van der Waals surface area contributed by atoms with Gasteiger partial charge in [0.1, 0.15) is 12.2 Å². The molecular weight excluding hydrogens is 284 g/mol. The van der Waals surface area contributed by atoms with Crippen LogP contribution in [0.3, 0.4) is 0 Å². The van der Waals surface area contributed by atoms with Crippen molar-refractivity contribution in [2.45, 2.75) is 26.1 Å². The Bertz CT molecular complexity index is 599. The number of carbonyl (C=O) groups is 1. The lowest BCUT2D eigenvalue weighted by molar-refractivity contribution is 0.150. The van der Waals surface area contributed by atoms with E-state index in [0.717, 1.165) is 0 Å². The van der Waals surface area contributed by atoms with Crippen molar-refractivity contribution >= 4 is 22.1 Å². The number of anilines is 1. The topological polar surface area (TPSA) is 98.9 Å². The highest BCUT2D eigenvalue weighted by molar-refractivity contribution is 7.84. The molecule has 2 unspecified atom stereocenters. The quantitative estimate of drug-likeness (QED) is 0.904. The molecular formula is C12H16N2O5S. The molecule has 2 atom stereocenters. The SMILES string of the molecule is CC1CN(c2ccc(C(C)OS(N)(=O)=O)cc2)C(=O)O1. The van der Waals surface area contributed by atoms with E-state index in [1.54, 1.807) is 31.2 Å². The number of benzene rings is 1. The van der Waals surface area contributed by atoms with Gasteiger partial charge < -0.3 is 4.74 Å². The fourth-order valence-corrected chi connectivity index (χ4v) is 2.51. The van der Waals surface area contributed by atoms with Gasteiger partial charge in [0.15, 0.2) is 0 Å². The first kappa shape index (κ1) is 14.8. The molecule has 0 aliphatic carbocycles. The summed E-state index contributed by atoms with van der Waals surface area (Å²) in [6.45, 7) is 3.88. The van der Waals surface area contributed by atoms with Gasteiger partial charge in [0.25, 0.3) is 0 Å². The molecule has 0 aromatic heterocycles. The van der Waals surface area contributed by atoms with Crippen LogP contribution in [-0.4, -0.2) is 27.2 Å². The van der Waals surface area contributed by atoms with E-state index in [0.29, 0.717) is 17.8 Å². The van der Waals surface area contributed by atoms with Gasteiger partial charge in [0.05, 0.1) is 6.54 Å². The lowest BCUT2D eigenvalue weighted by Crippen LogP contribution is -2.24. The fourth-order valence-electron chi connectivity index (χ4n) is 2.00. The summed E-state index contributed by atoms with van der Waals surface area (Å²) in [5, 5.41) is 4.82. The van der Waals surface area contributed by atoms with Gasteiger partial charge in [-0.2, -0.15) is 8.42 Å². The summed E-state index contributed by atoms with van der Waals surface area (Å²) < 4.78 is 31.4. The largest absolute Gasteiger partial charge is 0.444 e. The van der Waals surface area contributed by atoms with Crippen LogP contribution in [-0.2, 0) is 19.2 Å². The van der Waals surface area contributed by atoms with Crippen molar-refractivity contribution in [2.75, 3.05) is 11.4 Å². The van der Waals surface area contributed by atoms with Crippen LogP contribution in [0.4, 0.5) is 10.5 Å². The third-order valence-electron chi connectivity index (χ3n) is 2.91. The highest BCUT2D eigenvalue weighted by Gasteiger charge is 2.29. The smallest absolute Gasteiger partial charge is 0.414 e. The molecule has 7 nitrogen and oxygen atoms in total. The molecule has 1 heterocycles. The third kappa shape index (κ3) is 3.47. The van der Waals surface area contributed by atoms with Gasteiger partial charge in [-0.05, 0) is 31.5 Å². The Hall–Kier alpha value is -1.64. The van der Waals surface area contributed by atoms with E-state index in [-0.39, 0.29) is 12.2 Å². The van der Waals surface area contributed by atoms with E-state index in [9.17, 15) is 13.2 Å². The van der Waals surface area contributed by atoms with Crippen molar-refractivity contribution in [3.8, 4) is 0 Å². The van der Waals surface area contributed by atoms with Gasteiger partial charge in [0, 0.05) is 5.69 Å². The zero-order valence-electron chi connectivity index (χ0n) is 11.1. The summed E-state index contributed by atoms with van der Waals surface area (Å²) in [7, 11) is -4.00. The van der Waals surface area contributed by atoms with Crippen LogP contribution in [0, 0.1) is 0 Å². The molecule has 1 aromatic carbocycles. The standard InChI is InChI=1S/C12H16N2O5S/c1-8-7-14(12(15)18-8)11-5-3-10(4-6-11)9(2)19-20(13,16)17/h3-6,8-9H,7H2,1-2H3,(H2,13,16,17). The Morgan fingerprint density at radius 3 is 2.45 bits per heavy atom. The minimum Gasteiger partial charge on any atom is -0.444 e.